The summed E-state index contributed by atoms with van der Waals surface area (Å²) >= 11 is 0. The molecule has 4 nitrogen and oxygen atoms in total. The van der Waals surface area contributed by atoms with Crippen LogP contribution < -0.4 is 11.1 Å². The van der Waals surface area contributed by atoms with Gasteiger partial charge < -0.3 is 16.2 Å². The van der Waals surface area contributed by atoms with Crippen LogP contribution in [0.15, 0.2) is 0 Å². The maximum absolute atomic E-state index is 10.3. The number of hydrogen-bond acceptors (Lipinski definition) is 3. The normalized spacial score (nSPS) is 34.8. The molecule has 1 fully saturated rings. The number of carbonyl (C=O) groups is 1. The molecule has 0 radical (unpaired) electrons. The largest absolute Gasteiger partial charge is 0.480 e. The summed E-state index contributed by atoms with van der Waals surface area (Å²) in [6.45, 7) is 0.720. The Morgan fingerprint density at radius 1 is 1.78 bits per heavy atom. The first kappa shape index (κ1) is 6.51. The van der Waals surface area contributed by atoms with Crippen molar-refractivity contribution in [2.75, 3.05) is 6.54 Å². The lowest BCUT2D eigenvalue weighted by Gasteiger charge is -2.08. The SMILES string of the molecule is N[C@@H]1CCN[C@@H]1C(=O)O. The quantitative estimate of drug-likeness (QED) is 0.415. The van der Waals surface area contributed by atoms with Gasteiger partial charge in [-0.3, -0.25) is 4.79 Å². The van der Waals surface area contributed by atoms with Crippen LogP contribution in [0.25, 0.3) is 0 Å². The van der Waals surface area contributed by atoms with E-state index in [2.05, 4.69) is 5.32 Å². The lowest BCUT2D eigenvalue weighted by molar-refractivity contribution is -0.139. The van der Waals surface area contributed by atoms with Crippen LogP contribution in [-0.4, -0.2) is 29.7 Å². The zero-order valence-corrected chi connectivity index (χ0v) is 5.00. The van der Waals surface area contributed by atoms with E-state index < -0.39 is 12.0 Å². The molecule has 2 atom stereocenters. The fourth-order valence-corrected chi connectivity index (χ4v) is 0.994. The highest BCUT2D eigenvalue weighted by molar-refractivity contribution is 5.74. The van der Waals surface area contributed by atoms with Gasteiger partial charge in [-0.25, -0.2) is 0 Å². The van der Waals surface area contributed by atoms with Crippen LogP contribution in [0, 0.1) is 0 Å². The van der Waals surface area contributed by atoms with E-state index in [1.54, 1.807) is 0 Å². The van der Waals surface area contributed by atoms with Crippen LogP contribution >= 0.6 is 0 Å². The summed E-state index contributed by atoms with van der Waals surface area (Å²) < 4.78 is 0. The fraction of sp³-hybridized carbons (Fsp3) is 0.800. The molecule has 0 aromatic rings. The summed E-state index contributed by atoms with van der Waals surface area (Å²) in [4.78, 5) is 10.3. The van der Waals surface area contributed by atoms with E-state index >= 15 is 0 Å². The molecule has 9 heavy (non-hydrogen) atoms. The molecule has 4 N–H and O–H groups in total. The minimum atomic E-state index is -0.847. The average molecular weight is 130 g/mol. The molecule has 52 valence electrons. The van der Waals surface area contributed by atoms with E-state index in [9.17, 15) is 4.79 Å². The van der Waals surface area contributed by atoms with E-state index in [1.807, 2.05) is 0 Å². The maximum atomic E-state index is 10.3. The van der Waals surface area contributed by atoms with Crippen molar-refractivity contribution in [2.24, 2.45) is 5.73 Å². The third-order valence-corrected chi connectivity index (χ3v) is 1.54. The summed E-state index contributed by atoms with van der Waals surface area (Å²) in [5, 5.41) is 11.2. The van der Waals surface area contributed by atoms with Crippen molar-refractivity contribution >= 4 is 5.97 Å². The zero-order valence-electron chi connectivity index (χ0n) is 5.00. The van der Waals surface area contributed by atoms with Gasteiger partial charge in [0.2, 0.25) is 0 Å². The Hall–Kier alpha value is -0.610. The third kappa shape index (κ3) is 1.20. The molecule has 1 rings (SSSR count). The van der Waals surface area contributed by atoms with Crippen LogP contribution in [0.1, 0.15) is 6.42 Å². The summed E-state index contributed by atoms with van der Waals surface area (Å²) in [5.74, 6) is -0.847. The third-order valence-electron chi connectivity index (χ3n) is 1.54. The minimum Gasteiger partial charge on any atom is -0.480 e. The summed E-state index contributed by atoms with van der Waals surface area (Å²) in [7, 11) is 0. The van der Waals surface area contributed by atoms with Crippen molar-refractivity contribution in [3.8, 4) is 0 Å². The molecule has 0 unspecified atom stereocenters. The molecule has 1 heterocycles. The average Bonchev–Trinajstić information content (AvgIpc) is 2.13. The molecule has 0 spiro atoms. The number of nitrogens with one attached hydrogen (secondary N) is 1. The smallest absolute Gasteiger partial charge is 0.322 e. The number of hydrogen-bond donors (Lipinski definition) is 3. The van der Waals surface area contributed by atoms with E-state index in [4.69, 9.17) is 10.8 Å². The second-order valence-corrected chi connectivity index (χ2v) is 2.22. The lowest BCUT2D eigenvalue weighted by Crippen LogP contribution is -2.42. The first-order valence-corrected chi connectivity index (χ1v) is 2.93. The molecule has 1 saturated heterocycles. The number of aliphatic carboxylic acids is 1. The molecule has 0 aromatic carbocycles. The van der Waals surface area contributed by atoms with Gasteiger partial charge in [0.1, 0.15) is 6.04 Å². The minimum absolute atomic E-state index is 0.206. The first-order chi connectivity index (χ1) is 4.22. The highest BCUT2D eigenvalue weighted by Gasteiger charge is 2.28. The fourth-order valence-electron chi connectivity index (χ4n) is 0.994. The Labute approximate surface area is 53.0 Å². The summed E-state index contributed by atoms with van der Waals surface area (Å²) in [6.07, 6.45) is 0.761. The Bertz CT molecular complexity index is 126. The molecule has 1 aliphatic rings. The molecule has 0 aliphatic carbocycles. The Morgan fingerprint density at radius 3 is 2.67 bits per heavy atom. The van der Waals surface area contributed by atoms with Crippen molar-refractivity contribution in [2.45, 2.75) is 18.5 Å². The van der Waals surface area contributed by atoms with E-state index in [0.29, 0.717) is 0 Å². The van der Waals surface area contributed by atoms with Crippen LogP contribution in [-0.2, 0) is 4.79 Å². The van der Waals surface area contributed by atoms with Crippen molar-refractivity contribution in [1.29, 1.82) is 0 Å². The van der Waals surface area contributed by atoms with Crippen LogP contribution in [0.5, 0.6) is 0 Å². The number of carboxylic acid groups (broad SMARTS) is 1. The van der Waals surface area contributed by atoms with E-state index in [1.165, 1.54) is 0 Å². The van der Waals surface area contributed by atoms with Gasteiger partial charge in [-0.05, 0) is 13.0 Å². The molecule has 0 amide bonds. The second kappa shape index (κ2) is 2.33. The number of carboxylic acids is 1. The highest BCUT2D eigenvalue weighted by atomic mass is 16.4. The van der Waals surface area contributed by atoms with Gasteiger partial charge in [0, 0.05) is 6.04 Å². The number of rotatable bonds is 1. The molecule has 0 bridgehead atoms. The van der Waals surface area contributed by atoms with Crippen molar-refractivity contribution in [3.05, 3.63) is 0 Å². The molecule has 1 aliphatic heterocycles. The van der Waals surface area contributed by atoms with E-state index in [-0.39, 0.29) is 6.04 Å². The molecular weight excluding hydrogens is 120 g/mol. The van der Waals surface area contributed by atoms with Crippen molar-refractivity contribution in [3.63, 3.8) is 0 Å². The van der Waals surface area contributed by atoms with Crippen LogP contribution in [0.2, 0.25) is 0 Å². The molecule has 4 heteroatoms. The zero-order chi connectivity index (χ0) is 6.85. The van der Waals surface area contributed by atoms with Crippen molar-refractivity contribution < 1.29 is 9.90 Å². The van der Waals surface area contributed by atoms with Crippen LogP contribution in [0.4, 0.5) is 0 Å². The predicted octanol–water partition coefficient (Wildman–Crippen LogP) is -1.24. The van der Waals surface area contributed by atoms with Gasteiger partial charge >= 0.3 is 5.97 Å². The number of nitrogens with two attached hydrogens (primary N) is 1. The van der Waals surface area contributed by atoms with Crippen LogP contribution in [0.3, 0.4) is 0 Å². The Balaban J connectivity index is 2.49. The highest BCUT2D eigenvalue weighted by Crippen LogP contribution is 2.02. The van der Waals surface area contributed by atoms with Gasteiger partial charge in [0.05, 0.1) is 0 Å². The first-order valence-electron chi connectivity index (χ1n) is 2.93. The van der Waals surface area contributed by atoms with E-state index in [0.717, 1.165) is 13.0 Å². The van der Waals surface area contributed by atoms with Gasteiger partial charge in [-0.1, -0.05) is 0 Å². The Morgan fingerprint density at radius 2 is 2.44 bits per heavy atom. The van der Waals surface area contributed by atoms with Gasteiger partial charge in [-0.15, -0.1) is 0 Å². The summed E-state index contributed by atoms with van der Waals surface area (Å²) in [6, 6.07) is -0.729. The second-order valence-electron chi connectivity index (χ2n) is 2.22. The van der Waals surface area contributed by atoms with Crippen molar-refractivity contribution in [1.82, 2.24) is 5.32 Å². The van der Waals surface area contributed by atoms with Gasteiger partial charge in [0.25, 0.3) is 0 Å². The molecule has 0 aromatic heterocycles. The molecular formula is C5H10N2O2. The standard InChI is InChI=1S/C5H10N2O2/c6-3-1-2-7-4(3)5(8)9/h3-4,7H,1-2,6H2,(H,8,9)/t3-,4+/m1/s1. The van der Waals surface area contributed by atoms with Gasteiger partial charge in [0.15, 0.2) is 0 Å². The topological polar surface area (TPSA) is 75.3 Å². The maximum Gasteiger partial charge on any atom is 0.322 e. The predicted molar refractivity (Wildman–Crippen MR) is 32.0 cm³/mol. The monoisotopic (exact) mass is 130 g/mol. The summed E-state index contributed by atoms with van der Waals surface area (Å²) in [5.41, 5.74) is 5.44. The molecule has 0 saturated carbocycles. The Kier molecular flexibility index (Phi) is 1.68. The van der Waals surface area contributed by atoms with Gasteiger partial charge in [-0.2, -0.15) is 0 Å². The lowest BCUT2D eigenvalue weighted by atomic mass is 10.1.